The average molecular weight is 753 g/mol. The van der Waals surface area contributed by atoms with Gasteiger partial charge in [-0.05, 0) is 98.0 Å². The molecular weight excluding hydrogens is 709 g/mol. The molecule has 1 unspecified atom stereocenters. The van der Waals surface area contributed by atoms with E-state index in [-0.39, 0.29) is 18.7 Å². The fraction of sp³-hybridized carbons (Fsp3) is 0.357. The standard InChI is InChI=1S/C42H44N10O4/c1-24-5-4-6-25(2)36(24)46-37-33-21-43-42(47-38(33)49(3)48-37)44-29-8-7-28-23-50(16-15-27(28)19-29)22-26-13-17-51(18-14-26)30-9-10-31-32(20-30)41(56)52(40(31)55)34-11-12-35(53)45-39(34)54/h4-10,19-21,26,34H,11-18,22-23H2,1-3H3,(H,46,48)(H,43,44,47)(H,45,53,54). The lowest BCUT2D eigenvalue weighted by atomic mass is 9.93. The van der Waals surface area contributed by atoms with Gasteiger partial charge in [0.1, 0.15) is 6.04 Å². The van der Waals surface area contributed by atoms with Gasteiger partial charge in [-0.1, -0.05) is 24.3 Å². The predicted octanol–water partition coefficient (Wildman–Crippen LogP) is 5.14. The van der Waals surface area contributed by atoms with Crippen molar-refractivity contribution in [1.82, 2.24) is 34.9 Å². The van der Waals surface area contributed by atoms with Crippen molar-refractivity contribution in [2.24, 2.45) is 13.0 Å². The lowest BCUT2D eigenvalue weighted by Gasteiger charge is -2.37. The summed E-state index contributed by atoms with van der Waals surface area (Å²) in [5.74, 6) is -0.119. The SMILES string of the molecule is Cc1cccc(C)c1Nc1nn(C)c2nc(Nc3ccc4c(c3)CCN(CC3CCN(c5ccc6c(c5)C(=O)N(C5CCC(=O)NC5=O)C6=O)CC3)C4)ncc12. The van der Waals surface area contributed by atoms with E-state index in [9.17, 15) is 19.2 Å². The number of piperidine rings is 2. The van der Waals surface area contributed by atoms with E-state index in [2.05, 4.69) is 81.0 Å². The zero-order valence-electron chi connectivity index (χ0n) is 31.8. The first kappa shape index (κ1) is 35.5. The van der Waals surface area contributed by atoms with E-state index < -0.39 is 23.8 Å². The van der Waals surface area contributed by atoms with Gasteiger partial charge in [0, 0.05) is 69.5 Å². The van der Waals surface area contributed by atoms with Crippen LogP contribution in [0.3, 0.4) is 0 Å². The smallest absolute Gasteiger partial charge is 0.262 e. The second-order valence-electron chi connectivity index (χ2n) is 15.5. The van der Waals surface area contributed by atoms with Gasteiger partial charge in [-0.3, -0.25) is 34.3 Å². The number of hydrogen-bond donors (Lipinski definition) is 3. The van der Waals surface area contributed by atoms with Crippen LogP contribution in [0.25, 0.3) is 11.0 Å². The lowest BCUT2D eigenvalue weighted by molar-refractivity contribution is -0.136. The second-order valence-corrected chi connectivity index (χ2v) is 15.5. The van der Waals surface area contributed by atoms with Crippen molar-refractivity contribution in [3.05, 3.63) is 94.2 Å². The molecule has 2 saturated heterocycles. The second kappa shape index (κ2) is 14.2. The number of anilines is 5. The number of hydrogen-bond acceptors (Lipinski definition) is 11. The molecule has 4 aliphatic rings. The number of aryl methyl sites for hydroxylation is 3. The van der Waals surface area contributed by atoms with E-state index >= 15 is 0 Å². The number of aromatic nitrogens is 4. The first-order chi connectivity index (χ1) is 27.1. The molecule has 4 amide bonds. The van der Waals surface area contributed by atoms with Gasteiger partial charge in [0.15, 0.2) is 11.5 Å². The molecule has 6 heterocycles. The minimum absolute atomic E-state index is 0.0999. The summed E-state index contributed by atoms with van der Waals surface area (Å²) < 4.78 is 1.78. The number of fused-ring (bicyclic) bond motifs is 3. The van der Waals surface area contributed by atoms with Crippen LogP contribution in [-0.4, -0.2) is 85.4 Å². The van der Waals surface area contributed by atoms with Crippen LogP contribution in [0.4, 0.5) is 28.8 Å². The molecule has 14 heteroatoms. The molecule has 5 aromatic rings. The predicted molar refractivity (Wildman–Crippen MR) is 212 cm³/mol. The molecule has 4 aliphatic heterocycles. The third-order valence-electron chi connectivity index (χ3n) is 11.8. The zero-order valence-corrected chi connectivity index (χ0v) is 31.8. The molecule has 0 spiro atoms. The number of carbonyl (C=O) groups is 4. The van der Waals surface area contributed by atoms with Crippen LogP contribution < -0.4 is 20.9 Å². The number of benzene rings is 3. The Hall–Kier alpha value is -6.15. The Labute approximate surface area is 324 Å². The van der Waals surface area contributed by atoms with E-state index in [1.807, 2.05) is 19.3 Å². The van der Waals surface area contributed by atoms with Crippen molar-refractivity contribution in [2.75, 3.05) is 41.7 Å². The van der Waals surface area contributed by atoms with Crippen LogP contribution in [0.2, 0.25) is 0 Å². The molecule has 3 N–H and O–H groups in total. The molecule has 0 bridgehead atoms. The van der Waals surface area contributed by atoms with Crippen molar-refractivity contribution >= 4 is 63.5 Å². The molecule has 0 aliphatic carbocycles. The van der Waals surface area contributed by atoms with Gasteiger partial charge in [-0.15, -0.1) is 0 Å². The van der Waals surface area contributed by atoms with Gasteiger partial charge in [0.05, 0.1) is 16.5 Å². The number of amides is 4. The fourth-order valence-corrected chi connectivity index (χ4v) is 8.69. The summed E-state index contributed by atoms with van der Waals surface area (Å²) in [5.41, 5.74) is 9.26. The zero-order chi connectivity index (χ0) is 38.7. The highest BCUT2D eigenvalue weighted by molar-refractivity contribution is 6.23. The Morgan fingerprint density at radius 2 is 1.62 bits per heavy atom. The third kappa shape index (κ3) is 6.53. The maximum absolute atomic E-state index is 13.4. The number of imide groups is 2. The lowest BCUT2D eigenvalue weighted by Crippen LogP contribution is -2.54. The third-order valence-corrected chi connectivity index (χ3v) is 11.8. The summed E-state index contributed by atoms with van der Waals surface area (Å²) in [6.07, 6.45) is 5.10. The fourth-order valence-electron chi connectivity index (χ4n) is 8.69. The normalized spacial score (nSPS) is 19.0. The Balaban J connectivity index is 0.793. The van der Waals surface area contributed by atoms with E-state index in [0.717, 1.165) is 102 Å². The molecule has 56 heavy (non-hydrogen) atoms. The van der Waals surface area contributed by atoms with E-state index in [0.29, 0.717) is 23.0 Å². The highest BCUT2D eigenvalue weighted by Crippen LogP contribution is 2.34. The highest BCUT2D eigenvalue weighted by Gasteiger charge is 2.45. The largest absolute Gasteiger partial charge is 0.371 e. The van der Waals surface area contributed by atoms with E-state index in [1.54, 1.807) is 16.8 Å². The Morgan fingerprint density at radius 3 is 2.41 bits per heavy atom. The molecule has 14 nitrogen and oxygen atoms in total. The molecular formula is C42H44N10O4. The van der Waals surface area contributed by atoms with Gasteiger partial charge < -0.3 is 15.5 Å². The van der Waals surface area contributed by atoms with Crippen LogP contribution >= 0.6 is 0 Å². The van der Waals surface area contributed by atoms with E-state index in [4.69, 9.17) is 10.1 Å². The van der Waals surface area contributed by atoms with Gasteiger partial charge in [0.25, 0.3) is 11.8 Å². The first-order valence-corrected chi connectivity index (χ1v) is 19.3. The molecule has 0 radical (unpaired) electrons. The van der Waals surface area contributed by atoms with Gasteiger partial charge in [-0.25, -0.2) is 9.67 Å². The summed E-state index contributed by atoms with van der Waals surface area (Å²) in [7, 11) is 1.89. The summed E-state index contributed by atoms with van der Waals surface area (Å²) in [4.78, 5) is 65.9. The van der Waals surface area contributed by atoms with Crippen LogP contribution in [0.1, 0.15) is 68.7 Å². The van der Waals surface area contributed by atoms with Crippen LogP contribution in [0.5, 0.6) is 0 Å². The molecule has 1 atom stereocenters. The molecule has 2 fully saturated rings. The first-order valence-electron chi connectivity index (χ1n) is 19.3. The summed E-state index contributed by atoms with van der Waals surface area (Å²) >= 11 is 0. The summed E-state index contributed by atoms with van der Waals surface area (Å²) in [6, 6.07) is 17.2. The number of nitrogens with zero attached hydrogens (tertiary/aromatic N) is 7. The molecule has 9 rings (SSSR count). The van der Waals surface area contributed by atoms with E-state index in [1.165, 1.54) is 11.1 Å². The Bertz CT molecular complexity index is 2410. The molecule has 3 aromatic carbocycles. The topological polar surface area (TPSA) is 158 Å². The van der Waals surface area contributed by atoms with Crippen molar-refractivity contribution in [2.45, 2.75) is 58.5 Å². The maximum atomic E-state index is 13.4. The van der Waals surface area contributed by atoms with Crippen LogP contribution in [0.15, 0.2) is 60.8 Å². The minimum atomic E-state index is -0.963. The monoisotopic (exact) mass is 752 g/mol. The van der Waals surface area contributed by atoms with Crippen LogP contribution in [0, 0.1) is 19.8 Å². The van der Waals surface area contributed by atoms with Crippen molar-refractivity contribution < 1.29 is 19.2 Å². The molecule has 286 valence electrons. The Morgan fingerprint density at radius 1 is 0.839 bits per heavy atom. The molecule has 0 saturated carbocycles. The number of nitrogens with one attached hydrogen (secondary N) is 3. The average Bonchev–Trinajstić information content (AvgIpc) is 3.63. The van der Waals surface area contributed by atoms with Gasteiger partial charge in [0.2, 0.25) is 17.8 Å². The Kier molecular flexibility index (Phi) is 8.99. The summed E-state index contributed by atoms with van der Waals surface area (Å²) in [6.45, 7) is 8.82. The van der Waals surface area contributed by atoms with Gasteiger partial charge >= 0.3 is 0 Å². The van der Waals surface area contributed by atoms with Crippen molar-refractivity contribution in [3.63, 3.8) is 0 Å². The minimum Gasteiger partial charge on any atom is -0.371 e. The van der Waals surface area contributed by atoms with Crippen LogP contribution in [-0.2, 0) is 29.6 Å². The number of para-hydroxylation sites is 1. The van der Waals surface area contributed by atoms with Gasteiger partial charge in [-0.2, -0.15) is 10.1 Å². The summed E-state index contributed by atoms with van der Waals surface area (Å²) in [5, 5.41) is 14.7. The highest BCUT2D eigenvalue weighted by atomic mass is 16.2. The number of rotatable bonds is 8. The number of carbonyl (C=O) groups excluding carboxylic acids is 4. The molecule has 2 aromatic heterocycles. The maximum Gasteiger partial charge on any atom is 0.262 e. The quantitative estimate of drug-likeness (QED) is 0.180. The van der Waals surface area contributed by atoms with Crippen molar-refractivity contribution in [3.8, 4) is 0 Å². The van der Waals surface area contributed by atoms with Crippen molar-refractivity contribution in [1.29, 1.82) is 0 Å².